The third-order valence-corrected chi connectivity index (χ3v) is 3.39. The maximum Gasteiger partial charge on any atom is 0.203 e. The van der Waals surface area contributed by atoms with Crippen LogP contribution in [-0.4, -0.2) is 50.7 Å². The third-order valence-electron chi connectivity index (χ3n) is 3.39. The summed E-state index contributed by atoms with van der Waals surface area (Å²) in [5.41, 5.74) is 0.785. The summed E-state index contributed by atoms with van der Waals surface area (Å²) < 4.78 is 1.87. The minimum absolute atomic E-state index is 0.597. The van der Waals surface area contributed by atoms with E-state index in [1.165, 1.54) is 19.4 Å². The second kappa shape index (κ2) is 4.29. The van der Waals surface area contributed by atoms with Gasteiger partial charge in [0.25, 0.3) is 0 Å². The minimum Gasteiger partial charge on any atom is -0.365 e. The Kier molecular flexibility index (Phi) is 2.64. The van der Waals surface area contributed by atoms with E-state index in [0.29, 0.717) is 6.04 Å². The van der Waals surface area contributed by atoms with Gasteiger partial charge in [0.2, 0.25) is 5.65 Å². The predicted octanol–water partition coefficient (Wildman–Crippen LogP) is 0.630. The summed E-state index contributed by atoms with van der Waals surface area (Å²) in [4.78, 5) is 6.70. The normalized spacial score (nSPS) is 21.1. The van der Waals surface area contributed by atoms with E-state index < -0.39 is 0 Å². The molecule has 1 N–H and O–H groups in total. The van der Waals surface area contributed by atoms with Gasteiger partial charge in [-0.15, -0.1) is 10.2 Å². The van der Waals surface area contributed by atoms with E-state index in [0.717, 1.165) is 18.0 Å². The molecular weight excluding hydrogens is 216 g/mol. The standard InChI is InChI=1S/C11H16N6/c1-16-5-2-3-9(16)7-13-10-11-15-14-8-17(11)6-4-12-10/h4,6,8-9H,2-3,5,7H2,1H3,(H,12,13). The van der Waals surface area contributed by atoms with E-state index >= 15 is 0 Å². The summed E-state index contributed by atoms with van der Waals surface area (Å²) in [6, 6.07) is 0.597. The van der Waals surface area contributed by atoms with E-state index in [9.17, 15) is 0 Å². The third kappa shape index (κ3) is 1.95. The maximum atomic E-state index is 4.31. The Hall–Kier alpha value is -1.69. The van der Waals surface area contributed by atoms with Crippen molar-refractivity contribution in [2.24, 2.45) is 0 Å². The van der Waals surface area contributed by atoms with Crippen LogP contribution in [0.3, 0.4) is 0 Å². The van der Waals surface area contributed by atoms with Crippen LogP contribution in [0.4, 0.5) is 5.82 Å². The molecule has 6 nitrogen and oxygen atoms in total. The van der Waals surface area contributed by atoms with E-state index in [-0.39, 0.29) is 0 Å². The van der Waals surface area contributed by atoms with Crippen molar-refractivity contribution in [2.45, 2.75) is 18.9 Å². The fourth-order valence-corrected chi connectivity index (χ4v) is 2.33. The zero-order valence-corrected chi connectivity index (χ0v) is 9.87. The molecule has 1 unspecified atom stereocenters. The Morgan fingerprint density at radius 2 is 2.47 bits per heavy atom. The van der Waals surface area contributed by atoms with Gasteiger partial charge in [0, 0.05) is 25.0 Å². The Morgan fingerprint density at radius 1 is 1.53 bits per heavy atom. The quantitative estimate of drug-likeness (QED) is 0.841. The van der Waals surface area contributed by atoms with Crippen LogP contribution in [0.25, 0.3) is 5.65 Å². The number of fused-ring (bicyclic) bond motifs is 1. The first kappa shape index (κ1) is 10.5. The summed E-state index contributed by atoms with van der Waals surface area (Å²) in [6.07, 6.45) is 7.83. The van der Waals surface area contributed by atoms with Crippen molar-refractivity contribution >= 4 is 11.5 Å². The molecule has 0 aromatic carbocycles. The van der Waals surface area contributed by atoms with Crippen molar-refractivity contribution < 1.29 is 0 Å². The number of anilines is 1. The summed E-state index contributed by atoms with van der Waals surface area (Å²) >= 11 is 0. The highest BCUT2D eigenvalue weighted by Crippen LogP contribution is 2.16. The average Bonchev–Trinajstić information content (AvgIpc) is 2.95. The smallest absolute Gasteiger partial charge is 0.203 e. The van der Waals surface area contributed by atoms with Gasteiger partial charge in [-0.2, -0.15) is 0 Å². The largest absolute Gasteiger partial charge is 0.365 e. The van der Waals surface area contributed by atoms with Gasteiger partial charge in [0.1, 0.15) is 6.33 Å². The Balaban J connectivity index is 1.74. The fourth-order valence-electron chi connectivity index (χ4n) is 2.33. The Morgan fingerprint density at radius 3 is 3.29 bits per heavy atom. The molecular formula is C11H16N6. The van der Waals surface area contributed by atoms with E-state index in [1.807, 2.05) is 10.6 Å². The lowest BCUT2D eigenvalue weighted by atomic mass is 10.2. The average molecular weight is 232 g/mol. The fraction of sp³-hybridized carbons (Fsp3) is 0.545. The van der Waals surface area contributed by atoms with E-state index in [2.05, 4.69) is 32.4 Å². The van der Waals surface area contributed by atoms with E-state index in [1.54, 1.807) is 12.5 Å². The SMILES string of the molecule is CN1CCCC1CNc1nccn2cnnc12. The van der Waals surface area contributed by atoms with Crippen LogP contribution in [-0.2, 0) is 0 Å². The molecule has 0 amide bonds. The van der Waals surface area contributed by atoms with Gasteiger partial charge in [-0.05, 0) is 26.4 Å². The lowest BCUT2D eigenvalue weighted by Crippen LogP contribution is -2.31. The van der Waals surface area contributed by atoms with Gasteiger partial charge in [-0.25, -0.2) is 4.98 Å². The van der Waals surface area contributed by atoms with Crippen LogP contribution >= 0.6 is 0 Å². The lowest BCUT2D eigenvalue weighted by molar-refractivity contribution is 0.322. The molecule has 1 fully saturated rings. The van der Waals surface area contributed by atoms with Gasteiger partial charge in [0.05, 0.1) is 0 Å². The molecule has 0 aliphatic carbocycles. The van der Waals surface area contributed by atoms with Crippen molar-refractivity contribution in [2.75, 3.05) is 25.5 Å². The molecule has 6 heteroatoms. The van der Waals surface area contributed by atoms with Crippen molar-refractivity contribution in [3.63, 3.8) is 0 Å². The molecule has 2 aromatic rings. The van der Waals surface area contributed by atoms with Crippen LogP contribution in [0.5, 0.6) is 0 Å². The van der Waals surface area contributed by atoms with Crippen molar-refractivity contribution in [3.05, 3.63) is 18.7 Å². The molecule has 1 atom stereocenters. The number of nitrogens with one attached hydrogen (secondary N) is 1. The molecule has 17 heavy (non-hydrogen) atoms. The molecule has 90 valence electrons. The summed E-state index contributed by atoms with van der Waals surface area (Å²) in [7, 11) is 2.17. The second-order valence-corrected chi connectivity index (χ2v) is 4.50. The maximum absolute atomic E-state index is 4.31. The van der Waals surface area contributed by atoms with Crippen molar-refractivity contribution in [3.8, 4) is 0 Å². The zero-order valence-electron chi connectivity index (χ0n) is 9.87. The number of rotatable bonds is 3. The van der Waals surface area contributed by atoms with Gasteiger partial charge in [-0.1, -0.05) is 0 Å². The highest BCUT2D eigenvalue weighted by atomic mass is 15.3. The predicted molar refractivity (Wildman–Crippen MR) is 64.9 cm³/mol. The van der Waals surface area contributed by atoms with Crippen molar-refractivity contribution in [1.29, 1.82) is 0 Å². The van der Waals surface area contributed by atoms with Gasteiger partial charge >= 0.3 is 0 Å². The highest BCUT2D eigenvalue weighted by molar-refractivity contribution is 5.61. The molecule has 0 saturated carbocycles. The highest BCUT2D eigenvalue weighted by Gasteiger charge is 2.20. The number of hydrogen-bond donors (Lipinski definition) is 1. The first-order chi connectivity index (χ1) is 8.34. The zero-order chi connectivity index (χ0) is 11.7. The number of aromatic nitrogens is 4. The monoisotopic (exact) mass is 232 g/mol. The number of nitrogens with zero attached hydrogens (tertiary/aromatic N) is 5. The topological polar surface area (TPSA) is 58.4 Å². The van der Waals surface area contributed by atoms with Crippen LogP contribution in [0.1, 0.15) is 12.8 Å². The summed E-state index contributed by atoms with van der Waals surface area (Å²) in [5.74, 6) is 0.810. The van der Waals surface area contributed by atoms with Gasteiger partial charge < -0.3 is 10.2 Å². The van der Waals surface area contributed by atoms with Crippen LogP contribution in [0.2, 0.25) is 0 Å². The molecule has 3 heterocycles. The number of likely N-dealkylation sites (tertiary alicyclic amines) is 1. The van der Waals surface area contributed by atoms with Crippen LogP contribution < -0.4 is 5.32 Å². The van der Waals surface area contributed by atoms with Crippen molar-refractivity contribution in [1.82, 2.24) is 24.5 Å². The molecule has 0 spiro atoms. The molecule has 1 aliphatic heterocycles. The summed E-state index contributed by atoms with van der Waals surface area (Å²) in [5, 5.41) is 11.3. The van der Waals surface area contributed by atoms with E-state index in [4.69, 9.17) is 0 Å². The van der Waals surface area contributed by atoms with Crippen LogP contribution in [0, 0.1) is 0 Å². The first-order valence-corrected chi connectivity index (χ1v) is 5.93. The molecule has 1 aliphatic rings. The number of likely N-dealkylation sites (N-methyl/N-ethyl adjacent to an activating group) is 1. The number of hydrogen-bond acceptors (Lipinski definition) is 5. The van der Waals surface area contributed by atoms with Crippen LogP contribution in [0.15, 0.2) is 18.7 Å². The molecule has 3 rings (SSSR count). The Bertz CT molecular complexity index is 507. The Labute approximate surface area is 99.7 Å². The summed E-state index contributed by atoms with van der Waals surface area (Å²) in [6.45, 7) is 2.10. The molecule has 2 aromatic heterocycles. The molecule has 0 bridgehead atoms. The molecule has 1 saturated heterocycles. The molecule has 0 radical (unpaired) electrons. The van der Waals surface area contributed by atoms with Gasteiger partial charge in [-0.3, -0.25) is 4.40 Å². The second-order valence-electron chi connectivity index (χ2n) is 4.50. The minimum atomic E-state index is 0.597. The van der Waals surface area contributed by atoms with Gasteiger partial charge in [0.15, 0.2) is 5.82 Å². The lowest BCUT2D eigenvalue weighted by Gasteiger charge is -2.19. The first-order valence-electron chi connectivity index (χ1n) is 5.93.